The fourth-order valence-electron chi connectivity index (χ4n) is 2.30. The highest BCUT2D eigenvalue weighted by atomic mass is 79.9. The number of ether oxygens (including phenoxy) is 1. The number of carbonyl (C=O) groups excluding carboxylic acids is 1. The molecular formula is C19H15BrFNO2. The summed E-state index contributed by atoms with van der Waals surface area (Å²) in [7, 11) is 0. The number of hydrogen-bond acceptors (Lipinski definition) is 2. The van der Waals surface area contributed by atoms with Gasteiger partial charge in [0.1, 0.15) is 11.6 Å². The lowest BCUT2D eigenvalue weighted by atomic mass is 10.1. The summed E-state index contributed by atoms with van der Waals surface area (Å²) in [5.74, 6) is -0.0239. The first-order valence-electron chi connectivity index (χ1n) is 7.44. The molecule has 0 heterocycles. The van der Waals surface area contributed by atoms with Crippen LogP contribution in [0, 0.1) is 5.82 Å². The summed E-state index contributed by atoms with van der Waals surface area (Å²) in [6, 6.07) is 17.2. The highest BCUT2D eigenvalue weighted by molar-refractivity contribution is 9.10. The van der Waals surface area contributed by atoms with Crippen LogP contribution in [0.15, 0.2) is 65.1 Å². The van der Waals surface area contributed by atoms with Crippen molar-refractivity contribution in [3.8, 4) is 5.75 Å². The Labute approximate surface area is 147 Å². The molecule has 5 heteroatoms. The van der Waals surface area contributed by atoms with Gasteiger partial charge in [0.2, 0.25) is 0 Å². The molecule has 0 aliphatic rings. The van der Waals surface area contributed by atoms with E-state index in [4.69, 9.17) is 4.74 Å². The number of halogens is 2. The van der Waals surface area contributed by atoms with Gasteiger partial charge in [0.15, 0.2) is 6.10 Å². The summed E-state index contributed by atoms with van der Waals surface area (Å²) in [5.41, 5.74) is 0.528. The van der Waals surface area contributed by atoms with Crippen LogP contribution in [0.5, 0.6) is 5.75 Å². The smallest absolute Gasteiger partial charge is 0.265 e. The van der Waals surface area contributed by atoms with Crippen LogP contribution in [0.4, 0.5) is 10.1 Å². The maximum atomic E-state index is 12.9. The van der Waals surface area contributed by atoms with Crippen molar-refractivity contribution in [1.82, 2.24) is 0 Å². The van der Waals surface area contributed by atoms with Gasteiger partial charge >= 0.3 is 0 Å². The van der Waals surface area contributed by atoms with Gasteiger partial charge in [-0.3, -0.25) is 4.79 Å². The molecule has 1 N–H and O–H groups in total. The minimum Gasteiger partial charge on any atom is -0.481 e. The molecule has 0 spiro atoms. The SMILES string of the molecule is C[C@H](Oc1ccc2cc(Br)ccc2c1)C(=O)Nc1ccc(F)cc1. The Morgan fingerprint density at radius 2 is 1.71 bits per heavy atom. The molecule has 122 valence electrons. The third-order valence-corrected chi connectivity index (χ3v) is 4.06. The van der Waals surface area contributed by atoms with Crippen LogP contribution < -0.4 is 10.1 Å². The summed E-state index contributed by atoms with van der Waals surface area (Å²) in [5, 5.41) is 4.81. The third kappa shape index (κ3) is 3.92. The van der Waals surface area contributed by atoms with Crippen molar-refractivity contribution in [3.63, 3.8) is 0 Å². The van der Waals surface area contributed by atoms with Crippen molar-refractivity contribution >= 4 is 38.3 Å². The largest absolute Gasteiger partial charge is 0.481 e. The Morgan fingerprint density at radius 3 is 2.46 bits per heavy atom. The number of hydrogen-bond donors (Lipinski definition) is 1. The predicted molar refractivity (Wildman–Crippen MR) is 96.8 cm³/mol. The minimum atomic E-state index is -0.678. The van der Waals surface area contributed by atoms with E-state index in [0.29, 0.717) is 11.4 Å². The number of benzene rings is 3. The second-order valence-electron chi connectivity index (χ2n) is 5.41. The van der Waals surface area contributed by atoms with Crippen molar-refractivity contribution in [2.45, 2.75) is 13.0 Å². The maximum absolute atomic E-state index is 12.9. The zero-order valence-corrected chi connectivity index (χ0v) is 14.5. The van der Waals surface area contributed by atoms with Gasteiger partial charge in [0.05, 0.1) is 0 Å². The lowest BCUT2D eigenvalue weighted by Crippen LogP contribution is -2.30. The highest BCUT2D eigenvalue weighted by Gasteiger charge is 2.15. The molecule has 3 rings (SSSR count). The molecular weight excluding hydrogens is 373 g/mol. The van der Waals surface area contributed by atoms with Gasteiger partial charge in [-0.25, -0.2) is 4.39 Å². The highest BCUT2D eigenvalue weighted by Crippen LogP contribution is 2.24. The number of fused-ring (bicyclic) bond motifs is 1. The van der Waals surface area contributed by atoms with Crippen LogP contribution >= 0.6 is 15.9 Å². The quantitative estimate of drug-likeness (QED) is 0.672. The lowest BCUT2D eigenvalue weighted by molar-refractivity contribution is -0.122. The van der Waals surface area contributed by atoms with Crippen LogP contribution in [0.2, 0.25) is 0 Å². The van der Waals surface area contributed by atoms with Crippen LogP contribution in [-0.4, -0.2) is 12.0 Å². The Balaban J connectivity index is 1.69. The molecule has 24 heavy (non-hydrogen) atoms. The van der Waals surface area contributed by atoms with E-state index < -0.39 is 6.10 Å². The average molecular weight is 388 g/mol. The Morgan fingerprint density at radius 1 is 1.04 bits per heavy atom. The van der Waals surface area contributed by atoms with Crippen molar-refractivity contribution in [3.05, 3.63) is 71.0 Å². The third-order valence-electron chi connectivity index (χ3n) is 3.57. The molecule has 0 bridgehead atoms. The molecule has 0 saturated heterocycles. The van der Waals surface area contributed by atoms with Gasteiger partial charge in [-0.05, 0) is 66.2 Å². The first kappa shape index (κ1) is 16.5. The van der Waals surface area contributed by atoms with E-state index in [-0.39, 0.29) is 11.7 Å². The molecule has 0 fully saturated rings. The number of carbonyl (C=O) groups is 1. The van der Waals surface area contributed by atoms with Crippen LogP contribution in [-0.2, 0) is 4.79 Å². The average Bonchev–Trinajstić information content (AvgIpc) is 2.57. The summed E-state index contributed by atoms with van der Waals surface area (Å²) in [4.78, 5) is 12.2. The van der Waals surface area contributed by atoms with Crippen molar-refractivity contribution < 1.29 is 13.9 Å². The normalized spacial score (nSPS) is 12.0. The first-order valence-corrected chi connectivity index (χ1v) is 8.23. The van der Waals surface area contributed by atoms with Crippen LogP contribution in [0.25, 0.3) is 10.8 Å². The van der Waals surface area contributed by atoms with E-state index in [0.717, 1.165) is 15.2 Å². The molecule has 1 amide bonds. The van der Waals surface area contributed by atoms with Gasteiger partial charge in [0, 0.05) is 10.2 Å². The summed E-state index contributed by atoms with van der Waals surface area (Å²) in [6.07, 6.45) is -0.678. The molecule has 1 atom stereocenters. The van der Waals surface area contributed by atoms with Crippen molar-refractivity contribution in [2.24, 2.45) is 0 Å². The lowest BCUT2D eigenvalue weighted by Gasteiger charge is -2.15. The Hall–Kier alpha value is -2.40. The van der Waals surface area contributed by atoms with Gasteiger partial charge in [-0.1, -0.05) is 28.1 Å². The summed E-state index contributed by atoms with van der Waals surface area (Å²) >= 11 is 3.44. The number of nitrogens with one attached hydrogen (secondary N) is 1. The topological polar surface area (TPSA) is 38.3 Å². The van der Waals surface area contributed by atoms with Gasteiger partial charge in [-0.15, -0.1) is 0 Å². The molecule has 3 aromatic rings. The van der Waals surface area contributed by atoms with Crippen molar-refractivity contribution in [1.29, 1.82) is 0 Å². The molecule has 0 radical (unpaired) electrons. The molecule has 0 aliphatic heterocycles. The summed E-state index contributed by atoms with van der Waals surface area (Å²) < 4.78 is 19.6. The Bertz CT molecular complexity index is 880. The molecule has 3 nitrogen and oxygen atoms in total. The molecule has 0 unspecified atom stereocenters. The second-order valence-corrected chi connectivity index (χ2v) is 6.33. The van der Waals surface area contributed by atoms with E-state index in [9.17, 15) is 9.18 Å². The van der Waals surface area contributed by atoms with E-state index >= 15 is 0 Å². The minimum absolute atomic E-state index is 0.294. The second kappa shape index (κ2) is 7.01. The maximum Gasteiger partial charge on any atom is 0.265 e. The standard InChI is InChI=1S/C19H15BrFNO2/c1-12(19(23)22-17-7-5-16(21)6-8-17)24-18-9-3-13-10-15(20)4-2-14(13)11-18/h2-12H,1H3,(H,22,23)/t12-/m0/s1. The summed E-state index contributed by atoms with van der Waals surface area (Å²) in [6.45, 7) is 1.67. The fraction of sp³-hybridized carbons (Fsp3) is 0.105. The van der Waals surface area contributed by atoms with Crippen molar-refractivity contribution in [2.75, 3.05) is 5.32 Å². The van der Waals surface area contributed by atoms with Crippen LogP contribution in [0.1, 0.15) is 6.92 Å². The molecule has 0 aliphatic carbocycles. The van der Waals surface area contributed by atoms with E-state index in [1.54, 1.807) is 6.92 Å². The monoisotopic (exact) mass is 387 g/mol. The van der Waals surface area contributed by atoms with E-state index in [1.165, 1.54) is 24.3 Å². The molecule has 0 aromatic heterocycles. The molecule has 0 saturated carbocycles. The molecule has 3 aromatic carbocycles. The number of amides is 1. The zero-order chi connectivity index (χ0) is 17.1. The van der Waals surface area contributed by atoms with Gasteiger partial charge < -0.3 is 10.1 Å². The zero-order valence-electron chi connectivity index (χ0n) is 12.9. The predicted octanol–water partition coefficient (Wildman–Crippen LogP) is 5.15. The van der Waals surface area contributed by atoms with E-state index in [2.05, 4.69) is 21.2 Å². The fourth-order valence-corrected chi connectivity index (χ4v) is 2.68. The first-order chi connectivity index (χ1) is 11.5. The Kier molecular flexibility index (Phi) is 4.81. The van der Waals surface area contributed by atoms with Crippen LogP contribution in [0.3, 0.4) is 0 Å². The number of rotatable bonds is 4. The van der Waals surface area contributed by atoms with E-state index in [1.807, 2.05) is 36.4 Å². The van der Waals surface area contributed by atoms with Gasteiger partial charge in [-0.2, -0.15) is 0 Å². The number of anilines is 1. The van der Waals surface area contributed by atoms with Gasteiger partial charge in [0.25, 0.3) is 5.91 Å².